The van der Waals surface area contributed by atoms with Gasteiger partial charge in [0.05, 0.1) is 0 Å². The average Bonchev–Trinajstić information content (AvgIpc) is 3.20. The van der Waals surface area contributed by atoms with Crippen LogP contribution in [0.3, 0.4) is 0 Å². The third-order valence-corrected chi connectivity index (χ3v) is 3.63. The molecule has 1 aromatic rings. The lowest BCUT2D eigenvalue weighted by Gasteiger charge is -2.26. The molecule has 1 aromatic carbocycles. The number of nitrogens with two attached hydrogens (primary N) is 1. The molecular formula is C14H19N3O2. The zero-order valence-corrected chi connectivity index (χ0v) is 11.3. The molecule has 0 heterocycles. The SMILES string of the molecule is CCN(C(=O)C1(/C(N)=N/O)CC1)c1cccc(C)c1. The van der Waals surface area contributed by atoms with Crippen LogP contribution < -0.4 is 10.6 Å². The van der Waals surface area contributed by atoms with Crippen LogP contribution in [-0.2, 0) is 4.79 Å². The topological polar surface area (TPSA) is 78.9 Å². The zero-order valence-electron chi connectivity index (χ0n) is 11.3. The van der Waals surface area contributed by atoms with Crippen molar-refractivity contribution < 1.29 is 10.0 Å². The van der Waals surface area contributed by atoms with E-state index in [9.17, 15) is 4.79 Å². The maximum atomic E-state index is 12.6. The van der Waals surface area contributed by atoms with Crippen molar-refractivity contribution in [1.82, 2.24) is 0 Å². The molecule has 1 fully saturated rings. The Hall–Kier alpha value is -2.04. The Morgan fingerprint density at radius 3 is 2.68 bits per heavy atom. The monoisotopic (exact) mass is 261 g/mol. The molecule has 2 rings (SSSR count). The molecule has 1 saturated carbocycles. The number of nitrogens with zero attached hydrogens (tertiary/aromatic N) is 2. The van der Waals surface area contributed by atoms with E-state index >= 15 is 0 Å². The van der Waals surface area contributed by atoms with Crippen molar-refractivity contribution in [1.29, 1.82) is 0 Å². The fraction of sp³-hybridized carbons (Fsp3) is 0.429. The van der Waals surface area contributed by atoms with Gasteiger partial charge in [0.15, 0.2) is 5.84 Å². The van der Waals surface area contributed by atoms with Gasteiger partial charge < -0.3 is 15.8 Å². The van der Waals surface area contributed by atoms with E-state index in [1.54, 1.807) is 4.90 Å². The standard InChI is InChI=1S/C14H19N3O2/c1-3-17(11-6-4-5-10(2)9-11)13(18)14(7-8-14)12(15)16-19/h4-6,9,19H,3,7-8H2,1-2H3,(H2,15,16). The average molecular weight is 261 g/mol. The minimum absolute atomic E-state index is 0.0172. The number of benzene rings is 1. The number of carbonyl (C=O) groups is 1. The van der Waals surface area contributed by atoms with Gasteiger partial charge in [0.1, 0.15) is 5.41 Å². The van der Waals surface area contributed by atoms with Crippen LogP contribution in [0.4, 0.5) is 5.69 Å². The molecule has 0 radical (unpaired) electrons. The molecule has 0 spiro atoms. The minimum atomic E-state index is -0.797. The second kappa shape index (κ2) is 4.91. The number of carbonyl (C=O) groups excluding carboxylic acids is 1. The molecule has 102 valence electrons. The first-order valence-electron chi connectivity index (χ1n) is 6.42. The van der Waals surface area contributed by atoms with Gasteiger partial charge in [-0.2, -0.15) is 0 Å². The smallest absolute Gasteiger partial charge is 0.240 e. The lowest BCUT2D eigenvalue weighted by atomic mass is 10.0. The van der Waals surface area contributed by atoms with E-state index in [1.807, 2.05) is 38.1 Å². The predicted octanol–water partition coefficient (Wildman–Crippen LogP) is 1.87. The fourth-order valence-corrected chi connectivity index (χ4v) is 2.30. The number of hydrogen-bond acceptors (Lipinski definition) is 3. The predicted molar refractivity (Wildman–Crippen MR) is 74.3 cm³/mol. The molecule has 0 atom stereocenters. The summed E-state index contributed by atoms with van der Waals surface area (Å²) >= 11 is 0. The summed E-state index contributed by atoms with van der Waals surface area (Å²) in [7, 11) is 0. The number of aryl methyl sites for hydroxylation is 1. The molecule has 0 bridgehead atoms. The first kappa shape index (κ1) is 13.4. The molecule has 3 N–H and O–H groups in total. The van der Waals surface area contributed by atoms with Gasteiger partial charge in [-0.3, -0.25) is 4.79 Å². The Balaban J connectivity index is 2.31. The second-order valence-electron chi connectivity index (χ2n) is 4.96. The first-order valence-corrected chi connectivity index (χ1v) is 6.42. The van der Waals surface area contributed by atoms with E-state index in [0.717, 1.165) is 11.3 Å². The second-order valence-corrected chi connectivity index (χ2v) is 4.96. The van der Waals surface area contributed by atoms with Crippen LogP contribution in [0.25, 0.3) is 0 Å². The molecular weight excluding hydrogens is 242 g/mol. The summed E-state index contributed by atoms with van der Waals surface area (Å²) in [6.45, 7) is 4.46. The van der Waals surface area contributed by atoms with Crippen molar-refractivity contribution in [3.05, 3.63) is 29.8 Å². The lowest BCUT2D eigenvalue weighted by Crippen LogP contribution is -2.43. The number of amidine groups is 1. The summed E-state index contributed by atoms with van der Waals surface area (Å²) < 4.78 is 0. The molecule has 0 aliphatic heterocycles. The molecule has 0 unspecified atom stereocenters. The van der Waals surface area contributed by atoms with Gasteiger partial charge in [-0.15, -0.1) is 0 Å². The Bertz CT molecular complexity index is 521. The Morgan fingerprint density at radius 1 is 1.53 bits per heavy atom. The number of hydrogen-bond donors (Lipinski definition) is 2. The summed E-state index contributed by atoms with van der Waals surface area (Å²) in [5.41, 5.74) is 6.82. The van der Waals surface area contributed by atoms with E-state index < -0.39 is 5.41 Å². The van der Waals surface area contributed by atoms with E-state index in [2.05, 4.69) is 5.16 Å². The maximum Gasteiger partial charge on any atom is 0.240 e. The molecule has 1 amide bonds. The van der Waals surface area contributed by atoms with Crippen molar-refractivity contribution in [2.45, 2.75) is 26.7 Å². The molecule has 1 aliphatic rings. The van der Waals surface area contributed by atoms with Crippen molar-refractivity contribution >= 4 is 17.4 Å². The number of rotatable bonds is 4. The van der Waals surface area contributed by atoms with E-state index in [1.165, 1.54) is 0 Å². The summed E-state index contributed by atoms with van der Waals surface area (Å²) in [4.78, 5) is 14.3. The van der Waals surface area contributed by atoms with Gasteiger partial charge in [0.25, 0.3) is 0 Å². The van der Waals surface area contributed by atoms with Gasteiger partial charge in [-0.1, -0.05) is 17.3 Å². The molecule has 1 aliphatic carbocycles. The molecule has 0 aromatic heterocycles. The van der Waals surface area contributed by atoms with Crippen molar-refractivity contribution in [2.75, 3.05) is 11.4 Å². The Labute approximate surface area is 112 Å². The van der Waals surface area contributed by atoms with Gasteiger partial charge in [0.2, 0.25) is 5.91 Å². The highest BCUT2D eigenvalue weighted by atomic mass is 16.4. The summed E-state index contributed by atoms with van der Waals surface area (Å²) in [6.07, 6.45) is 1.29. The molecule has 5 nitrogen and oxygen atoms in total. The first-order chi connectivity index (χ1) is 9.05. The third-order valence-electron chi connectivity index (χ3n) is 3.63. The summed E-state index contributed by atoms with van der Waals surface area (Å²) in [5, 5.41) is 11.8. The largest absolute Gasteiger partial charge is 0.409 e. The highest BCUT2D eigenvalue weighted by Gasteiger charge is 2.55. The third kappa shape index (κ3) is 2.28. The van der Waals surface area contributed by atoms with Crippen LogP contribution >= 0.6 is 0 Å². The van der Waals surface area contributed by atoms with E-state index in [4.69, 9.17) is 10.9 Å². The molecule has 0 saturated heterocycles. The highest BCUT2D eigenvalue weighted by Crippen LogP contribution is 2.48. The van der Waals surface area contributed by atoms with Crippen LogP contribution in [-0.4, -0.2) is 23.5 Å². The minimum Gasteiger partial charge on any atom is -0.409 e. The van der Waals surface area contributed by atoms with Crippen molar-refractivity contribution in [3.8, 4) is 0 Å². The van der Waals surface area contributed by atoms with Gasteiger partial charge in [0, 0.05) is 12.2 Å². The normalized spacial score (nSPS) is 17.1. The van der Waals surface area contributed by atoms with Crippen LogP contribution in [0.1, 0.15) is 25.3 Å². The molecule has 5 heteroatoms. The van der Waals surface area contributed by atoms with Crippen LogP contribution in [0.2, 0.25) is 0 Å². The van der Waals surface area contributed by atoms with Crippen LogP contribution in [0.15, 0.2) is 29.4 Å². The number of oxime groups is 1. The lowest BCUT2D eigenvalue weighted by molar-refractivity contribution is -0.121. The van der Waals surface area contributed by atoms with Gasteiger partial charge in [-0.05, 0) is 44.4 Å². The number of anilines is 1. The van der Waals surface area contributed by atoms with Crippen LogP contribution in [0, 0.1) is 12.3 Å². The zero-order chi connectivity index (χ0) is 14.0. The van der Waals surface area contributed by atoms with E-state index in [0.29, 0.717) is 19.4 Å². The quantitative estimate of drug-likeness (QED) is 0.376. The fourth-order valence-electron chi connectivity index (χ4n) is 2.30. The number of amides is 1. The highest BCUT2D eigenvalue weighted by molar-refractivity contribution is 6.15. The van der Waals surface area contributed by atoms with Gasteiger partial charge >= 0.3 is 0 Å². The van der Waals surface area contributed by atoms with Crippen molar-refractivity contribution in [2.24, 2.45) is 16.3 Å². The Kier molecular flexibility index (Phi) is 3.46. The summed E-state index contributed by atoms with van der Waals surface area (Å²) in [6, 6.07) is 7.77. The molecule has 19 heavy (non-hydrogen) atoms. The summed E-state index contributed by atoms with van der Waals surface area (Å²) in [5.74, 6) is -0.0699. The van der Waals surface area contributed by atoms with Gasteiger partial charge in [-0.25, -0.2) is 0 Å². The van der Waals surface area contributed by atoms with Crippen LogP contribution in [0.5, 0.6) is 0 Å². The Morgan fingerprint density at radius 2 is 2.21 bits per heavy atom. The van der Waals surface area contributed by atoms with E-state index in [-0.39, 0.29) is 11.7 Å². The van der Waals surface area contributed by atoms with Crippen molar-refractivity contribution in [3.63, 3.8) is 0 Å². The maximum absolute atomic E-state index is 12.6.